The second-order valence-electron chi connectivity index (χ2n) is 2.23. The molecule has 0 atom stereocenters. The Morgan fingerprint density at radius 2 is 2.08 bits per heavy atom. The number of hydrogen-bond acceptors (Lipinski definition) is 2. The van der Waals surface area contributed by atoms with Crippen LogP contribution in [0.5, 0.6) is 11.5 Å². The number of hydrogen-bond donors (Lipinski definition) is 0. The van der Waals surface area contributed by atoms with Crippen molar-refractivity contribution in [3.63, 3.8) is 0 Å². The van der Waals surface area contributed by atoms with Gasteiger partial charge in [0.15, 0.2) is 11.5 Å². The smallest absolute Gasteiger partial charge is 0.161 e. The number of methoxy groups -OCH3 is 1. The van der Waals surface area contributed by atoms with Crippen LogP contribution >= 0.6 is 15.9 Å². The second kappa shape index (κ2) is 4.36. The fraction of sp³-hybridized carbons (Fsp3) is 0.333. The van der Waals surface area contributed by atoms with Crippen molar-refractivity contribution >= 4 is 15.9 Å². The Balaban J connectivity index is 2.94. The lowest BCUT2D eigenvalue weighted by Gasteiger charge is -2.08. The van der Waals surface area contributed by atoms with Gasteiger partial charge in [0.1, 0.15) is 0 Å². The molecule has 0 heterocycles. The standard InChI is InChI=1S/C9H11BrO2/c1-3-12-8-5-4-7(10)6-9(8)11-2/h4-6H,3H2,1-2H3. The van der Waals surface area contributed by atoms with Crippen molar-refractivity contribution in [3.05, 3.63) is 22.7 Å². The molecule has 0 aromatic heterocycles. The summed E-state index contributed by atoms with van der Waals surface area (Å²) >= 11 is 3.35. The number of halogens is 1. The predicted molar refractivity (Wildman–Crippen MR) is 51.9 cm³/mol. The van der Waals surface area contributed by atoms with Gasteiger partial charge in [-0.15, -0.1) is 0 Å². The van der Waals surface area contributed by atoms with E-state index in [2.05, 4.69) is 15.9 Å². The molecule has 12 heavy (non-hydrogen) atoms. The van der Waals surface area contributed by atoms with Gasteiger partial charge in [-0.1, -0.05) is 15.9 Å². The van der Waals surface area contributed by atoms with E-state index in [1.807, 2.05) is 25.1 Å². The van der Waals surface area contributed by atoms with Gasteiger partial charge in [0.25, 0.3) is 0 Å². The molecule has 0 bridgehead atoms. The summed E-state index contributed by atoms with van der Waals surface area (Å²) in [6, 6.07) is 5.69. The van der Waals surface area contributed by atoms with Gasteiger partial charge in [-0.3, -0.25) is 0 Å². The van der Waals surface area contributed by atoms with E-state index in [0.717, 1.165) is 16.0 Å². The average Bonchev–Trinajstić information content (AvgIpc) is 2.08. The molecule has 0 aliphatic heterocycles. The lowest BCUT2D eigenvalue weighted by Crippen LogP contribution is -1.94. The molecular weight excluding hydrogens is 220 g/mol. The summed E-state index contributed by atoms with van der Waals surface area (Å²) in [6.45, 7) is 2.60. The molecule has 0 spiro atoms. The summed E-state index contributed by atoms with van der Waals surface area (Å²) in [4.78, 5) is 0. The van der Waals surface area contributed by atoms with Crippen molar-refractivity contribution in [1.29, 1.82) is 0 Å². The van der Waals surface area contributed by atoms with E-state index in [9.17, 15) is 0 Å². The van der Waals surface area contributed by atoms with Crippen LogP contribution in [0.4, 0.5) is 0 Å². The van der Waals surface area contributed by atoms with Crippen LogP contribution in [0.3, 0.4) is 0 Å². The Morgan fingerprint density at radius 1 is 1.33 bits per heavy atom. The molecule has 0 aliphatic carbocycles. The van der Waals surface area contributed by atoms with Crippen LogP contribution in [0, 0.1) is 0 Å². The SMILES string of the molecule is CCOc1ccc(Br)cc1OC. The molecule has 0 amide bonds. The van der Waals surface area contributed by atoms with Crippen molar-refractivity contribution in [2.75, 3.05) is 13.7 Å². The van der Waals surface area contributed by atoms with E-state index in [0.29, 0.717) is 6.61 Å². The third-order valence-corrected chi connectivity index (χ3v) is 1.92. The Hall–Kier alpha value is -0.700. The highest BCUT2D eigenvalue weighted by Crippen LogP contribution is 2.29. The molecule has 3 heteroatoms. The first-order valence-corrected chi connectivity index (χ1v) is 4.53. The average molecular weight is 231 g/mol. The van der Waals surface area contributed by atoms with Crippen LogP contribution < -0.4 is 9.47 Å². The zero-order valence-corrected chi connectivity index (χ0v) is 8.72. The zero-order chi connectivity index (χ0) is 8.97. The maximum absolute atomic E-state index is 5.34. The molecule has 1 aromatic carbocycles. The molecule has 0 saturated carbocycles. The van der Waals surface area contributed by atoms with Crippen LogP contribution in [0.2, 0.25) is 0 Å². The molecule has 0 aliphatic rings. The summed E-state index contributed by atoms with van der Waals surface area (Å²) in [6.07, 6.45) is 0. The van der Waals surface area contributed by atoms with Gasteiger partial charge in [-0.25, -0.2) is 0 Å². The Labute approximate surface area is 80.6 Å². The van der Waals surface area contributed by atoms with Crippen LogP contribution in [-0.2, 0) is 0 Å². The summed E-state index contributed by atoms with van der Waals surface area (Å²) in [7, 11) is 1.63. The fourth-order valence-electron chi connectivity index (χ4n) is 0.916. The highest BCUT2D eigenvalue weighted by molar-refractivity contribution is 9.10. The van der Waals surface area contributed by atoms with Gasteiger partial charge in [-0.05, 0) is 25.1 Å². The van der Waals surface area contributed by atoms with Crippen molar-refractivity contribution < 1.29 is 9.47 Å². The quantitative estimate of drug-likeness (QED) is 0.796. The third-order valence-electron chi connectivity index (χ3n) is 1.43. The van der Waals surface area contributed by atoms with Crippen molar-refractivity contribution in [2.45, 2.75) is 6.92 Å². The van der Waals surface area contributed by atoms with Crippen LogP contribution in [-0.4, -0.2) is 13.7 Å². The molecule has 66 valence electrons. The van der Waals surface area contributed by atoms with E-state index >= 15 is 0 Å². The summed E-state index contributed by atoms with van der Waals surface area (Å²) in [5.41, 5.74) is 0. The van der Waals surface area contributed by atoms with Gasteiger partial charge < -0.3 is 9.47 Å². The molecule has 0 fully saturated rings. The molecule has 0 radical (unpaired) electrons. The topological polar surface area (TPSA) is 18.5 Å². The minimum Gasteiger partial charge on any atom is -0.493 e. The van der Waals surface area contributed by atoms with Gasteiger partial charge in [0.05, 0.1) is 13.7 Å². The first-order chi connectivity index (χ1) is 5.77. The minimum atomic E-state index is 0.651. The lowest BCUT2D eigenvalue weighted by molar-refractivity contribution is 0.311. The van der Waals surface area contributed by atoms with E-state index in [-0.39, 0.29) is 0 Å². The van der Waals surface area contributed by atoms with Crippen LogP contribution in [0.1, 0.15) is 6.92 Å². The van der Waals surface area contributed by atoms with Crippen molar-refractivity contribution in [2.24, 2.45) is 0 Å². The Bertz CT molecular complexity index is 261. The lowest BCUT2D eigenvalue weighted by atomic mass is 10.3. The predicted octanol–water partition coefficient (Wildman–Crippen LogP) is 2.86. The van der Waals surface area contributed by atoms with Crippen LogP contribution in [0.25, 0.3) is 0 Å². The van der Waals surface area contributed by atoms with Crippen molar-refractivity contribution in [3.8, 4) is 11.5 Å². The summed E-state index contributed by atoms with van der Waals surface area (Å²) in [5, 5.41) is 0. The number of rotatable bonds is 3. The van der Waals surface area contributed by atoms with Gasteiger partial charge in [0.2, 0.25) is 0 Å². The van der Waals surface area contributed by atoms with Gasteiger partial charge in [-0.2, -0.15) is 0 Å². The molecule has 1 rings (SSSR count). The first-order valence-electron chi connectivity index (χ1n) is 3.74. The highest BCUT2D eigenvalue weighted by Gasteiger charge is 2.02. The van der Waals surface area contributed by atoms with E-state index in [1.165, 1.54) is 0 Å². The molecule has 0 N–H and O–H groups in total. The highest BCUT2D eigenvalue weighted by atomic mass is 79.9. The van der Waals surface area contributed by atoms with Crippen molar-refractivity contribution in [1.82, 2.24) is 0 Å². The number of benzene rings is 1. The fourth-order valence-corrected chi connectivity index (χ4v) is 1.26. The van der Waals surface area contributed by atoms with E-state index in [4.69, 9.17) is 9.47 Å². The van der Waals surface area contributed by atoms with Gasteiger partial charge in [0, 0.05) is 4.47 Å². The third kappa shape index (κ3) is 2.14. The van der Waals surface area contributed by atoms with Gasteiger partial charge >= 0.3 is 0 Å². The maximum Gasteiger partial charge on any atom is 0.161 e. The molecule has 0 saturated heterocycles. The van der Waals surface area contributed by atoms with E-state index < -0.39 is 0 Å². The molecule has 2 nitrogen and oxygen atoms in total. The summed E-state index contributed by atoms with van der Waals surface area (Å²) in [5.74, 6) is 1.54. The first kappa shape index (κ1) is 9.39. The van der Waals surface area contributed by atoms with Crippen LogP contribution in [0.15, 0.2) is 22.7 Å². The molecule has 1 aromatic rings. The monoisotopic (exact) mass is 230 g/mol. The maximum atomic E-state index is 5.34. The zero-order valence-electron chi connectivity index (χ0n) is 7.13. The molecular formula is C9H11BrO2. The summed E-state index contributed by atoms with van der Waals surface area (Å²) < 4.78 is 11.4. The Kier molecular flexibility index (Phi) is 3.41. The largest absolute Gasteiger partial charge is 0.493 e. The normalized spacial score (nSPS) is 9.58. The Morgan fingerprint density at radius 3 is 2.67 bits per heavy atom. The molecule has 0 unspecified atom stereocenters. The number of ether oxygens (including phenoxy) is 2. The second-order valence-corrected chi connectivity index (χ2v) is 3.14. The van der Waals surface area contributed by atoms with E-state index in [1.54, 1.807) is 7.11 Å². The minimum absolute atomic E-state index is 0.651.